The molecule has 154 valence electrons. The van der Waals surface area contributed by atoms with Gasteiger partial charge in [0.05, 0.1) is 19.7 Å². The fourth-order valence-corrected chi connectivity index (χ4v) is 4.21. The van der Waals surface area contributed by atoms with Gasteiger partial charge in [0, 0.05) is 17.5 Å². The Morgan fingerprint density at radius 3 is 1.93 bits per heavy atom. The topological polar surface area (TPSA) is 56.3 Å². The summed E-state index contributed by atoms with van der Waals surface area (Å²) in [5.74, 6) is 2.09. The second kappa shape index (κ2) is 10.7. The summed E-state index contributed by atoms with van der Waals surface area (Å²) in [7, 11) is 3.26. The number of rotatable bonds is 4. The Morgan fingerprint density at radius 2 is 1.36 bits per heavy atom. The summed E-state index contributed by atoms with van der Waals surface area (Å²) in [6.07, 6.45) is 14.3. The molecular formula is C22H32ClN3O2. The van der Waals surface area contributed by atoms with Crippen LogP contribution in [0.1, 0.15) is 70.6 Å². The van der Waals surface area contributed by atoms with Gasteiger partial charge in [0.25, 0.3) is 0 Å². The molecule has 0 saturated heterocycles. The van der Waals surface area contributed by atoms with Gasteiger partial charge in [0.2, 0.25) is 5.28 Å². The summed E-state index contributed by atoms with van der Waals surface area (Å²) in [6, 6.07) is 4.19. The predicted molar refractivity (Wildman–Crippen MR) is 116 cm³/mol. The molecule has 1 aliphatic carbocycles. The molecule has 1 aromatic heterocycles. The Labute approximate surface area is 173 Å². The largest absolute Gasteiger partial charge is 0.493 e. The highest BCUT2D eigenvalue weighted by Gasteiger charge is 2.16. The highest BCUT2D eigenvalue weighted by Crippen LogP contribution is 2.35. The molecule has 1 saturated carbocycles. The number of hydrogen-bond acceptors (Lipinski definition) is 5. The second-order valence-electron chi connectivity index (χ2n) is 7.67. The van der Waals surface area contributed by atoms with Crippen LogP contribution in [0.3, 0.4) is 0 Å². The molecule has 2 aromatic rings. The summed E-state index contributed by atoms with van der Waals surface area (Å²) < 4.78 is 10.9. The van der Waals surface area contributed by atoms with Crippen molar-refractivity contribution in [2.75, 3.05) is 19.5 Å². The molecule has 1 aliphatic rings. The van der Waals surface area contributed by atoms with Gasteiger partial charge in [-0.05, 0) is 30.5 Å². The van der Waals surface area contributed by atoms with E-state index < -0.39 is 0 Å². The minimum atomic E-state index is 0.246. The highest BCUT2D eigenvalue weighted by molar-refractivity contribution is 6.28. The van der Waals surface area contributed by atoms with Crippen LogP contribution in [0, 0.1) is 0 Å². The third-order valence-corrected chi connectivity index (χ3v) is 5.79. The number of methoxy groups -OCH3 is 2. The average Bonchev–Trinajstić information content (AvgIpc) is 2.68. The van der Waals surface area contributed by atoms with Crippen LogP contribution in [-0.2, 0) is 0 Å². The lowest BCUT2D eigenvalue weighted by atomic mass is 9.98. The molecule has 0 radical (unpaired) electrons. The first-order chi connectivity index (χ1) is 13.7. The van der Waals surface area contributed by atoms with E-state index in [9.17, 15) is 0 Å². The lowest BCUT2D eigenvalue weighted by molar-refractivity contribution is 0.356. The van der Waals surface area contributed by atoms with Crippen molar-refractivity contribution < 1.29 is 9.47 Å². The Bertz CT molecular complexity index is 757. The Balaban J connectivity index is 1.83. The van der Waals surface area contributed by atoms with E-state index in [1.165, 1.54) is 57.8 Å². The van der Waals surface area contributed by atoms with Crippen molar-refractivity contribution in [1.82, 2.24) is 9.97 Å². The van der Waals surface area contributed by atoms with Gasteiger partial charge in [0.15, 0.2) is 11.5 Å². The molecule has 0 atom stereocenters. The molecule has 1 fully saturated rings. The SMILES string of the molecule is COc1cc2nc(Cl)nc(NC3CCCCCCCCCCC3)c2cc1OC. The summed E-state index contributed by atoms with van der Waals surface area (Å²) in [5, 5.41) is 4.83. The van der Waals surface area contributed by atoms with Crippen LogP contribution >= 0.6 is 11.6 Å². The Kier molecular flexibility index (Phi) is 8.01. The lowest BCUT2D eigenvalue weighted by Crippen LogP contribution is -2.21. The summed E-state index contributed by atoms with van der Waals surface area (Å²) in [5.41, 5.74) is 0.758. The van der Waals surface area contributed by atoms with E-state index in [0.717, 1.165) is 29.6 Å². The first kappa shape index (κ1) is 21.0. The fraction of sp³-hybridized carbons (Fsp3) is 0.636. The van der Waals surface area contributed by atoms with Crippen molar-refractivity contribution in [2.24, 2.45) is 0 Å². The number of anilines is 1. The van der Waals surface area contributed by atoms with Crippen LogP contribution in [-0.4, -0.2) is 30.2 Å². The van der Waals surface area contributed by atoms with Crippen LogP contribution in [0.25, 0.3) is 10.9 Å². The Hall–Kier alpha value is -1.75. The molecule has 1 N–H and O–H groups in total. The van der Waals surface area contributed by atoms with E-state index in [-0.39, 0.29) is 5.28 Å². The van der Waals surface area contributed by atoms with Crippen molar-refractivity contribution in [3.05, 3.63) is 17.4 Å². The van der Waals surface area contributed by atoms with Gasteiger partial charge in [-0.25, -0.2) is 9.97 Å². The number of fused-ring (bicyclic) bond motifs is 1. The molecule has 0 unspecified atom stereocenters. The third kappa shape index (κ3) is 5.63. The third-order valence-electron chi connectivity index (χ3n) is 5.62. The molecule has 1 heterocycles. The van der Waals surface area contributed by atoms with Gasteiger partial charge in [-0.2, -0.15) is 0 Å². The standard InChI is InChI=1S/C22H32ClN3O2/c1-27-19-14-17-18(15-20(19)28-2)25-22(23)26-21(17)24-16-12-10-8-6-4-3-5-7-9-11-13-16/h14-16H,3-13H2,1-2H3,(H,24,25,26). The smallest absolute Gasteiger partial charge is 0.224 e. The van der Waals surface area contributed by atoms with Crippen molar-refractivity contribution in [3.8, 4) is 11.5 Å². The quantitative estimate of drug-likeness (QED) is 0.597. The first-order valence-electron chi connectivity index (χ1n) is 10.6. The molecule has 6 heteroatoms. The van der Waals surface area contributed by atoms with E-state index >= 15 is 0 Å². The van der Waals surface area contributed by atoms with Gasteiger partial charge >= 0.3 is 0 Å². The molecule has 5 nitrogen and oxygen atoms in total. The summed E-state index contributed by atoms with van der Waals surface area (Å²) >= 11 is 6.22. The molecule has 0 aliphatic heterocycles. The maximum absolute atomic E-state index is 6.22. The molecule has 0 spiro atoms. The zero-order valence-electron chi connectivity index (χ0n) is 17.1. The maximum atomic E-state index is 6.22. The van der Waals surface area contributed by atoms with Crippen molar-refractivity contribution in [1.29, 1.82) is 0 Å². The van der Waals surface area contributed by atoms with E-state index in [4.69, 9.17) is 21.1 Å². The van der Waals surface area contributed by atoms with Gasteiger partial charge < -0.3 is 14.8 Å². The average molecular weight is 406 g/mol. The van der Waals surface area contributed by atoms with Gasteiger partial charge in [-0.15, -0.1) is 0 Å². The molecule has 0 bridgehead atoms. The van der Waals surface area contributed by atoms with Crippen molar-refractivity contribution >= 4 is 28.3 Å². The molecule has 0 amide bonds. The lowest BCUT2D eigenvalue weighted by Gasteiger charge is -2.21. The van der Waals surface area contributed by atoms with Crippen LogP contribution in [0.15, 0.2) is 12.1 Å². The van der Waals surface area contributed by atoms with Crippen LogP contribution in [0.2, 0.25) is 5.28 Å². The molecule has 28 heavy (non-hydrogen) atoms. The van der Waals surface area contributed by atoms with E-state index in [1.807, 2.05) is 12.1 Å². The second-order valence-corrected chi connectivity index (χ2v) is 8.00. The maximum Gasteiger partial charge on any atom is 0.224 e. The van der Waals surface area contributed by atoms with E-state index in [2.05, 4.69) is 15.3 Å². The zero-order chi connectivity index (χ0) is 19.8. The molecule has 3 rings (SSSR count). The fourth-order valence-electron chi connectivity index (χ4n) is 4.04. The number of nitrogens with zero attached hydrogens (tertiary/aromatic N) is 2. The van der Waals surface area contributed by atoms with Crippen molar-refractivity contribution in [3.63, 3.8) is 0 Å². The number of nitrogens with one attached hydrogen (secondary N) is 1. The normalized spacial score (nSPS) is 17.5. The first-order valence-corrected chi connectivity index (χ1v) is 10.9. The summed E-state index contributed by atoms with van der Waals surface area (Å²) in [6.45, 7) is 0. The number of aromatic nitrogens is 2. The number of halogens is 1. The van der Waals surface area contributed by atoms with Gasteiger partial charge in [-0.1, -0.05) is 57.8 Å². The van der Waals surface area contributed by atoms with Gasteiger partial charge in [0.1, 0.15) is 5.82 Å². The number of hydrogen-bond donors (Lipinski definition) is 1. The minimum Gasteiger partial charge on any atom is -0.493 e. The van der Waals surface area contributed by atoms with Gasteiger partial charge in [-0.3, -0.25) is 0 Å². The minimum absolute atomic E-state index is 0.246. The highest BCUT2D eigenvalue weighted by atomic mass is 35.5. The monoisotopic (exact) mass is 405 g/mol. The molecular weight excluding hydrogens is 374 g/mol. The Morgan fingerprint density at radius 1 is 0.821 bits per heavy atom. The van der Waals surface area contributed by atoms with Crippen molar-refractivity contribution in [2.45, 2.75) is 76.7 Å². The van der Waals surface area contributed by atoms with Crippen LogP contribution in [0.4, 0.5) is 5.82 Å². The van der Waals surface area contributed by atoms with E-state index in [1.54, 1.807) is 14.2 Å². The number of benzene rings is 1. The van der Waals surface area contributed by atoms with E-state index in [0.29, 0.717) is 17.5 Å². The molecule has 1 aromatic carbocycles. The van der Waals surface area contributed by atoms with Crippen LogP contribution < -0.4 is 14.8 Å². The summed E-state index contributed by atoms with van der Waals surface area (Å²) in [4.78, 5) is 8.88. The number of ether oxygens (including phenoxy) is 2. The predicted octanol–water partition coefficient (Wildman–Crippen LogP) is 6.39. The zero-order valence-corrected chi connectivity index (χ0v) is 17.9. The van der Waals surface area contributed by atoms with Crippen LogP contribution in [0.5, 0.6) is 11.5 Å².